The van der Waals surface area contributed by atoms with Crippen molar-refractivity contribution < 1.29 is 4.74 Å². The Morgan fingerprint density at radius 1 is 1.32 bits per heavy atom. The van der Waals surface area contributed by atoms with Gasteiger partial charge in [-0.15, -0.1) is 24.0 Å². The van der Waals surface area contributed by atoms with Crippen molar-refractivity contribution in [2.24, 2.45) is 4.99 Å². The van der Waals surface area contributed by atoms with Gasteiger partial charge < -0.3 is 15.0 Å². The number of nitrogens with one attached hydrogen (secondary N) is 1. The maximum absolute atomic E-state index is 5.55. The molecule has 3 atom stereocenters. The van der Waals surface area contributed by atoms with Gasteiger partial charge in [0.15, 0.2) is 5.96 Å². The Labute approximate surface area is 169 Å². The van der Waals surface area contributed by atoms with Crippen LogP contribution < -0.4 is 5.32 Å². The highest BCUT2D eigenvalue weighted by molar-refractivity contribution is 14.0. The van der Waals surface area contributed by atoms with Crippen LogP contribution in [0.5, 0.6) is 0 Å². The summed E-state index contributed by atoms with van der Waals surface area (Å²) in [7, 11) is 1.90. The fourth-order valence-electron chi connectivity index (χ4n) is 4.11. The molecule has 2 saturated heterocycles. The summed E-state index contributed by atoms with van der Waals surface area (Å²) in [6.07, 6.45) is 5.79. The Hall–Kier alpha value is -0.380. The number of ether oxygens (including phenoxy) is 1. The van der Waals surface area contributed by atoms with Gasteiger partial charge in [-0.05, 0) is 20.3 Å². The Kier molecular flexibility index (Phi) is 8.44. The zero-order valence-corrected chi connectivity index (χ0v) is 18.2. The molecule has 0 aromatic carbocycles. The molecular weight excluding hydrogens is 429 g/mol. The van der Waals surface area contributed by atoms with E-state index < -0.39 is 0 Å². The van der Waals surface area contributed by atoms with E-state index in [0.717, 1.165) is 58.4 Å². The largest absolute Gasteiger partial charge is 0.379 e. The molecule has 2 fully saturated rings. The van der Waals surface area contributed by atoms with Gasteiger partial charge in [0.2, 0.25) is 0 Å². The fraction of sp³-hybridized carbons (Fsp3) is 0.833. The Morgan fingerprint density at radius 3 is 2.76 bits per heavy atom. The van der Waals surface area contributed by atoms with Gasteiger partial charge in [-0.25, -0.2) is 0 Å². The molecule has 0 spiro atoms. The molecule has 3 unspecified atom stereocenters. The molecule has 0 saturated carbocycles. The van der Waals surface area contributed by atoms with Gasteiger partial charge in [0, 0.05) is 64.4 Å². The highest BCUT2D eigenvalue weighted by Gasteiger charge is 2.30. The summed E-state index contributed by atoms with van der Waals surface area (Å²) in [4.78, 5) is 12.0. The molecular formula is C18H34IN5O. The normalized spacial score (nSPS) is 29.7. The lowest BCUT2D eigenvalue weighted by Crippen LogP contribution is -2.53. The Balaban J connectivity index is 0.00000225. The highest BCUT2D eigenvalue weighted by atomic mass is 127. The van der Waals surface area contributed by atoms with Gasteiger partial charge in [-0.1, -0.05) is 12.2 Å². The molecule has 0 bridgehead atoms. The first-order valence-corrected chi connectivity index (χ1v) is 9.37. The van der Waals surface area contributed by atoms with Gasteiger partial charge >= 0.3 is 0 Å². The monoisotopic (exact) mass is 463 g/mol. The van der Waals surface area contributed by atoms with E-state index >= 15 is 0 Å². The number of hydrogen-bond acceptors (Lipinski definition) is 4. The summed E-state index contributed by atoms with van der Waals surface area (Å²) < 4.78 is 5.55. The number of likely N-dealkylation sites (tertiary alicyclic amines) is 1. The third-order valence-electron chi connectivity index (χ3n) is 5.58. The summed E-state index contributed by atoms with van der Waals surface area (Å²) in [6, 6.07) is 1.65. The second-order valence-corrected chi connectivity index (χ2v) is 7.25. The molecule has 3 heterocycles. The van der Waals surface area contributed by atoms with Crippen LogP contribution >= 0.6 is 24.0 Å². The average molecular weight is 463 g/mol. The van der Waals surface area contributed by atoms with Crippen LogP contribution in [-0.4, -0.2) is 98.3 Å². The second-order valence-electron chi connectivity index (χ2n) is 7.25. The van der Waals surface area contributed by atoms with Crippen LogP contribution in [0.4, 0.5) is 0 Å². The molecule has 0 aliphatic carbocycles. The van der Waals surface area contributed by atoms with E-state index in [1.807, 2.05) is 7.05 Å². The number of hydrogen-bond donors (Lipinski definition) is 1. The van der Waals surface area contributed by atoms with E-state index in [2.05, 4.69) is 51.0 Å². The zero-order valence-electron chi connectivity index (χ0n) is 15.9. The molecule has 0 amide bonds. The Bertz CT molecular complexity index is 464. The number of rotatable bonds is 4. The van der Waals surface area contributed by atoms with Gasteiger partial charge in [-0.3, -0.25) is 14.8 Å². The van der Waals surface area contributed by atoms with Crippen LogP contribution in [0, 0.1) is 0 Å². The number of morpholine rings is 1. The molecule has 7 heteroatoms. The van der Waals surface area contributed by atoms with Crippen LogP contribution in [0.25, 0.3) is 0 Å². The van der Waals surface area contributed by atoms with Gasteiger partial charge in [-0.2, -0.15) is 0 Å². The van der Waals surface area contributed by atoms with E-state index in [-0.39, 0.29) is 24.0 Å². The third-order valence-corrected chi connectivity index (χ3v) is 5.58. The van der Waals surface area contributed by atoms with Crippen molar-refractivity contribution in [1.29, 1.82) is 0 Å². The Morgan fingerprint density at radius 2 is 2.08 bits per heavy atom. The van der Waals surface area contributed by atoms with Crippen molar-refractivity contribution in [1.82, 2.24) is 20.0 Å². The van der Waals surface area contributed by atoms with Gasteiger partial charge in [0.05, 0.1) is 13.2 Å². The van der Waals surface area contributed by atoms with Crippen molar-refractivity contribution in [3.63, 3.8) is 0 Å². The van der Waals surface area contributed by atoms with Crippen molar-refractivity contribution in [2.75, 3.05) is 59.5 Å². The van der Waals surface area contributed by atoms with Gasteiger partial charge in [0.1, 0.15) is 0 Å². The fourth-order valence-corrected chi connectivity index (χ4v) is 4.11. The zero-order chi connectivity index (χ0) is 16.9. The molecule has 0 aromatic heterocycles. The number of halogens is 1. The molecule has 1 N–H and O–H groups in total. The summed E-state index contributed by atoms with van der Waals surface area (Å²) >= 11 is 0. The van der Waals surface area contributed by atoms with E-state index in [4.69, 9.17) is 4.74 Å². The maximum Gasteiger partial charge on any atom is 0.193 e. The minimum atomic E-state index is 0. The molecule has 3 aliphatic rings. The molecule has 0 radical (unpaired) electrons. The number of aliphatic imine (C=N–C) groups is 1. The van der Waals surface area contributed by atoms with Gasteiger partial charge in [0.25, 0.3) is 0 Å². The summed E-state index contributed by atoms with van der Waals surface area (Å²) in [5, 5.41) is 3.60. The molecule has 144 valence electrons. The molecule has 25 heavy (non-hydrogen) atoms. The first kappa shape index (κ1) is 20.9. The predicted octanol–water partition coefficient (Wildman–Crippen LogP) is 1.24. The molecule has 3 aliphatic heterocycles. The summed E-state index contributed by atoms with van der Waals surface area (Å²) in [5.41, 5.74) is 0. The van der Waals surface area contributed by atoms with Crippen molar-refractivity contribution in [3.8, 4) is 0 Å². The van der Waals surface area contributed by atoms with Crippen LogP contribution in [0.2, 0.25) is 0 Å². The quantitative estimate of drug-likeness (QED) is 0.294. The number of guanidine groups is 1. The van der Waals surface area contributed by atoms with Crippen LogP contribution in [0.15, 0.2) is 17.1 Å². The van der Waals surface area contributed by atoms with E-state index in [9.17, 15) is 0 Å². The maximum atomic E-state index is 5.55. The van der Waals surface area contributed by atoms with Crippen molar-refractivity contribution in [2.45, 2.75) is 38.4 Å². The average Bonchev–Trinajstić information content (AvgIpc) is 3.27. The topological polar surface area (TPSA) is 43.3 Å². The molecule has 6 nitrogen and oxygen atoms in total. The number of nitrogens with zero attached hydrogens (tertiary/aromatic N) is 4. The smallest absolute Gasteiger partial charge is 0.193 e. The minimum absolute atomic E-state index is 0. The minimum Gasteiger partial charge on any atom is -0.379 e. The summed E-state index contributed by atoms with van der Waals surface area (Å²) in [5.74, 6) is 1.05. The molecule has 0 aromatic rings. The van der Waals surface area contributed by atoms with Crippen LogP contribution in [0.1, 0.15) is 20.3 Å². The van der Waals surface area contributed by atoms with E-state index in [0.29, 0.717) is 18.1 Å². The van der Waals surface area contributed by atoms with E-state index in [1.54, 1.807) is 0 Å². The van der Waals surface area contributed by atoms with Crippen molar-refractivity contribution >= 4 is 29.9 Å². The van der Waals surface area contributed by atoms with E-state index in [1.165, 1.54) is 6.42 Å². The first-order valence-electron chi connectivity index (χ1n) is 9.37. The SMILES string of the molecule is CN=C(NCC(C)N1CCOCC1C)N1CCC(N2CC=CC2)C1.I. The van der Waals surface area contributed by atoms with Crippen LogP contribution in [0.3, 0.4) is 0 Å². The highest BCUT2D eigenvalue weighted by Crippen LogP contribution is 2.18. The van der Waals surface area contributed by atoms with Crippen LogP contribution in [-0.2, 0) is 4.74 Å². The first-order chi connectivity index (χ1) is 11.7. The molecule has 3 rings (SSSR count). The second kappa shape index (κ2) is 10.1. The van der Waals surface area contributed by atoms with Crippen molar-refractivity contribution in [3.05, 3.63) is 12.2 Å². The lowest BCUT2D eigenvalue weighted by Gasteiger charge is -2.38. The summed E-state index contributed by atoms with van der Waals surface area (Å²) in [6.45, 7) is 12.6. The lowest BCUT2D eigenvalue weighted by molar-refractivity contribution is -0.0175. The lowest BCUT2D eigenvalue weighted by atomic mass is 10.2. The standard InChI is InChI=1S/C18H33N5O.HI/c1-15(23-10-11-24-14-16(23)2)12-20-18(19-3)22-9-6-17(13-22)21-7-4-5-8-21;/h4-5,15-17H,6-14H2,1-3H3,(H,19,20);1H. The predicted molar refractivity (Wildman–Crippen MR) is 114 cm³/mol. The third kappa shape index (κ3) is 5.30.